The minimum absolute atomic E-state index is 0.0624. The summed E-state index contributed by atoms with van der Waals surface area (Å²) in [6.45, 7) is 4.71. The first-order chi connectivity index (χ1) is 12.4. The number of benzene rings is 2. The van der Waals surface area contributed by atoms with Gasteiger partial charge in [0.25, 0.3) is 5.91 Å². The normalized spacial score (nSPS) is 13.1. The van der Waals surface area contributed by atoms with Crippen LogP contribution >= 0.6 is 23.2 Å². The lowest BCUT2D eigenvalue weighted by atomic mass is 10.1. The van der Waals surface area contributed by atoms with Crippen LogP contribution in [0.15, 0.2) is 49.0 Å². The maximum absolute atomic E-state index is 12.5. The zero-order valence-electron chi connectivity index (χ0n) is 14.3. The molecule has 0 N–H and O–H groups in total. The molecule has 3 rings (SSSR count). The molecule has 1 aliphatic heterocycles. The molecule has 2 amide bonds. The van der Waals surface area contributed by atoms with E-state index >= 15 is 0 Å². The average Bonchev–Trinajstić information content (AvgIpc) is 2.87. The number of amides is 2. The van der Waals surface area contributed by atoms with Gasteiger partial charge < -0.3 is 9.80 Å². The van der Waals surface area contributed by atoms with E-state index in [-0.39, 0.29) is 18.2 Å². The number of halogens is 2. The van der Waals surface area contributed by atoms with Gasteiger partial charge in [0.2, 0.25) is 5.91 Å². The number of carbonyl (C=O) groups excluding carboxylic acids is 2. The zero-order valence-corrected chi connectivity index (χ0v) is 15.8. The van der Waals surface area contributed by atoms with Crippen LogP contribution in [0.1, 0.15) is 27.9 Å². The van der Waals surface area contributed by atoms with Crippen LogP contribution in [0.25, 0.3) is 5.70 Å². The van der Waals surface area contributed by atoms with Gasteiger partial charge >= 0.3 is 0 Å². The van der Waals surface area contributed by atoms with Gasteiger partial charge in [-0.05, 0) is 23.8 Å². The molecule has 0 atom stereocenters. The summed E-state index contributed by atoms with van der Waals surface area (Å²) in [5.41, 5.74) is 3.00. The monoisotopic (exact) mass is 388 g/mol. The minimum atomic E-state index is -0.106. The van der Waals surface area contributed by atoms with Gasteiger partial charge in [0.1, 0.15) is 0 Å². The third kappa shape index (κ3) is 3.62. The lowest BCUT2D eigenvalue weighted by Gasteiger charge is -2.21. The molecule has 0 radical (unpaired) electrons. The largest absolute Gasteiger partial charge is 0.341 e. The number of fused-ring (bicyclic) bond motifs is 1. The topological polar surface area (TPSA) is 40.6 Å². The fourth-order valence-electron chi connectivity index (χ4n) is 2.97. The van der Waals surface area contributed by atoms with E-state index in [0.717, 1.165) is 11.1 Å². The van der Waals surface area contributed by atoms with E-state index < -0.39 is 0 Å². The SMILES string of the molecule is C=C1c2ccccc2C(=O)N1CCC(=O)N(C)Cc1ccc(Cl)c(Cl)c1. The molecule has 0 saturated carbocycles. The molecule has 0 bridgehead atoms. The Kier molecular flexibility index (Phi) is 5.35. The van der Waals surface area contributed by atoms with Crippen molar-refractivity contribution in [2.75, 3.05) is 13.6 Å². The Balaban J connectivity index is 1.59. The molecular weight excluding hydrogens is 371 g/mol. The van der Waals surface area contributed by atoms with E-state index in [9.17, 15) is 9.59 Å². The number of rotatable bonds is 5. The van der Waals surface area contributed by atoms with Gasteiger partial charge in [-0.2, -0.15) is 0 Å². The van der Waals surface area contributed by atoms with E-state index in [0.29, 0.717) is 34.4 Å². The zero-order chi connectivity index (χ0) is 18.8. The average molecular weight is 389 g/mol. The molecule has 1 aliphatic rings. The minimum Gasteiger partial charge on any atom is -0.341 e. The Morgan fingerprint density at radius 1 is 1.12 bits per heavy atom. The highest BCUT2D eigenvalue weighted by molar-refractivity contribution is 6.42. The molecule has 0 unspecified atom stereocenters. The van der Waals surface area contributed by atoms with Gasteiger partial charge in [-0.3, -0.25) is 9.59 Å². The second-order valence-corrected chi connectivity index (χ2v) is 7.01. The molecule has 6 heteroatoms. The highest BCUT2D eigenvalue weighted by Crippen LogP contribution is 2.31. The molecule has 4 nitrogen and oxygen atoms in total. The molecule has 1 heterocycles. The van der Waals surface area contributed by atoms with Gasteiger partial charge in [0.05, 0.1) is 10.0 Å². The van der Waals surface area contributed by atoms with E-state index in [1.54, 1.807) is 35.0 Å². The van der Waals surface area contributed by atoms with Crippen LogP contribution < -0.4 is 0 Å². The Labute approximate surface area is 162 Å². The number of hydrogen-bond donors (Lipinski definition) is 0. The van der Waals surface area contributed by atoms with Gasteiger partial charge in [-0.25, -0.2) is 0 Å². The van der Waals surface area contributed by atoms with Crippen LogP contribution in [0.3, 0.4) is 0 Å². The molecule has 26 heavy (non-hydrogen) atoms. The lowest BCUT2D eigenvalue weighted by molar-refractivity contribution is -0.130. The quantitative estimate of drug-likeness (QED) is 0.757. The highest BCUT2D eigenvalue weighted by Gasteiger charge is 2.30. The Bertz CT molecular complexity index is 860. The molecule has 134 valence electrons. The fraction of sp³-hybridized carbons (Fsp3) is 0.200. The first-order valence-electron chi connectivity index (χ1n) is 8.16. The van der Waals surface area contributed by atoms with Gasteiger partial charge in [-0.1, -0.05) is 54.0 Å². The van der Waals surface area contributed by atoms with Crippen LogP contribution in [0, 0.1) is 0 Å². The summed E-state index contributed by atoms with van der Waals surface area (Å²) in [6.07, 6.45) is 0.219. The maximum atomic E-state index is 12.5. The third-order valence-corrected chi connectivity index (χ3v) is 5.16. The van der Waals surface area contributed by atoms with Gasteiger partial charge in [0, 0.05) is 43.4 Å². The van der Waals surface area contributed by atoms with Crippen molar-refractivity contribution in [1.82, 2.24) is 9.80 Å². The van der Waals surface area contributed by atoms with E-state index in [1.165, 1.54) is 0 Å². The summed E-state index contributed by atoms with van der Waals surface area (Å²) >= 11 is 11.9. The molecule has 0 spiro atoms. The van der Waals surface area contributed by atoms with Crippen molar-refractivity contribution in [2.45, 2.75) is 13.0 Å². The van der Waals surface area contributed by atoms with Crippen molar-refractivity contribution < 1.29 is 9.59 Å². The van der Waals surface area contributed by atoms with E-state index in [1.807, 2.05) is 24.3 Å². The van der Waals surface area contributed by atoms with Gasteiger partial charge in [0.15, 0.2) is 0 Å². The Morgan fingerprint density at radius 3 is 2.46 bits per heavy atom. The van der Waals surface area contributed by atoms with Crippen molar-refractivity contribution in [2.24, 2.45) is 0 Å². The predicted molar refractivity (Wildman–Crippen MR) is 104 cm³/mol. The highest BCUT2D eigenvalue weighted by atomic mass is 35.5. The lowest BCUT2D eigenvalue weighted by Crippen LogP contribution is -2.31. The van der Waals surface area contributed by atoms with Crippen molar-refractivity contribution in [3.63, 3.8) is 0 Å². The predicted octanol–water partition coefficient (Wildman–Crippen LogP) is 4.47. The summed E-state index contributed by atoms with van der Waals surface area (Å²) < 4.78 is 0. The van der Waals surface area contributed by atoms with Crippen LogP contribution in [0.4, 0.5) is 0 Å². The van der Waals surface area contributed by atoms with Gasteiger partial charge in [-0.15, -0.1) is 0 Å². The Hall–Kier alpha value is -2.30. The fourth-order valence-corrected chi connectivity index (χ4v) is 3.29. The number of carbonyl (C=O) groups is 2. The van der Waals surface area contributed by atoms with Crippen molar-refractivity contribution in [1.29, 1.82) is 0 Å². The van der Waals surface area contributed by atoms with Crippen molar-refractivity contribution >= 4 is 40.7 Å². The molecule has 0 aromatic heterocycles. The molecule has 0 saturated heterocycles. The number of nitrogens with zero attached hydrogens (tertiary/aromatic N) is 2. The van der Waals surface area contributed by atoms with Crippen LogP contribution in [0.2, 0.25) is 10.0 Å². The summed E-state index contributed by atoms with van der Waals surface area (Å²) in [6, 6.07) is 12.6. The first-order valence-corrected chi connectivity index (χ1v) is 8.92. The van der Waals surface area contributed by atoms with E-state index in [4.69, 9.17) is 23.2 Å². The van der Waals surface area contributed by atoms with Crippen LogP contribution in [-0.4, -0.2) is 35.2 Å². The molecule has 2 aromatic carbocycles. The molecular formula is C20H18Cl2N2O2. The van der Waals surface area contributed by atoms with Crippen molar-refractivity contribution in [3.8, 4) is 0 Å². The second kappa shape index (κ2) is 7.52. The molecule has 0 aliphatic carbocycles. The molecule has 0 fully saturated rings. The summed E-state index contributed by atoms with van der Waals surface area (Å²) in [5.74, 6) is -0.168. The number of hydrogen-bond acceptors (Lipinski definition) is 2. The van der Waals surface area contributed by atoms with Crippen LogP contribution in [0.5, 0.6) is 0 Å². The first kappa shape index (κ1) is 18.5. The van der Waals surface area contributed by atoms with Crippen LogP contribution in [-0.2, 0) is 11.3 Å². The smallest absolute Gasteiger partial charge is 0.258 e. The standard InChI is InChI=1S/C20H18Cl2N2O2/c1-13-15-5-3-4-6-16(15)20(26)24(13)10-9-19(25)23(2)12-14-7-8-17(21)18(22)11-14/h3-8,11H,1,9-10,12H2,2H3. The second-order valence-electron chi connectivity index (χ2n) is 6.20. The molecule has 2 aromatic rings. The van der Waals surface area contributed by atoms with E-state index in [2.05, 4.69) is 6.58 Å². The van der Waals surface area contributed by atoms with Crippen molar-refractivity contribution in [3.05, 3.63) is 75.8 Å². The maximum Gasteiger partial charge on any atom is 0.258 e. The summed E-state index contributed by atoms with van der Waals surface area (Å²) in [5, 5.41) is 0.941. The third-order valence-electron chi connectivity index (χ3n) is 4.42. The summed E-state index contributed by atoms with van der Waals surface area (Å²) in [4.78, 5) is 28.1. The Morgan fingerprint density at radius 2 is 1.81 bits per heavy atom. The summed E-state index contributed by atoms with van der Waals surface area (Å²) in [7, 11) is 1.72.